The van der Waals surface area contributed by atoms with E-state index < -0.39 is 12.1 Å². The first-order chi connectivity index (χ1) is 14.0. The second kappa shape index (κ2) is 7.96. The summed E-state index contributed by atoms with van der Waals surface area (Å²) in [6.07, 6.45) is 2.06. The number of carbonyl (C=O) groups is 2. The smallest absolute Gasteiger partial charge is 0.325 e. The van der Waals surface area contributed by atoms with Crippen molar-refractivity contribution in [2.45, 2.75) is 32.5 Å². The molecule has 3 aromatic rings. The molecule has 1 fully saturated rings. The Bertz CT molecular complexity index is 1060. The van der Waals surface area contributed by atoms with Gasteiger partial charge in [0.05, 0.1) is 30.9 Å². The van der Waals surface area contributed by atoms with E-state index in [0.29, 0.717) is 25.3 Å². The lowest BCUT2D eigenvalue weighted by Crippen LogP contribution is -2.32. The summed E-state index contributed by atoms with van der Waals surface area (Å²) in [6.45, 7) is 3.20. The highest BCUT2D eigenvalue weighted by Gasteiger charge is 2.38. The summed E-state index contributed by atoms with van der Waals surface area (Å²) in [5.41, 5.74) is 3.23. The highest BCUT2D eigenvalue weighted by Crippen LogP contribution is 2.22. The van der Waals surface area contributed by atoms with Gasteiger partial charge in [0.1, 0.15) is 6.04 Å². The van der Waals surface area contributed by atoms with Crippen molar-refractivity contribution in [1.29, 1.82) is 0 Å². The highest BCUT2D eigenvalue weighted by atomic mass is 16.5. The predicted octanol–water partition coefficient (Wildman–Crippen LogP) is 1.44. The first-order valence-electron chi connectivity index (χ1n) is 9.40. The minimum atomic E-state index is -0.649. The summed E-state index contributed by atoms with van der Waals surface area (Å²) < 4.78 is 6.67. The molecule has 3 heterocycles. The van der Waals surface area contributed by atoms with Crippen molar-refractivity contribution >= 4 is 22.8 Å². The maximum Gasteiger partial charge on any atom is 0.325 e. The lowest BCUT2D eigenvalue weighted by Gasteiger charge is -2.15. The number of benzene rings is 1. The maximum atomic E-state index is 12.9. The number of aromatic nitrogens is 4. The van der Waals surface area contributed by atoms with E-state index in [1.165, 1.54) is 4.90 Å². The van der Waals surface area contributed by atoms with Crippen molar-refractivity contribution in [2.24, 2.45) is 0 Å². The molecule has 1 aromatic carbocycles. The predicted molar refractivity (Wildman–Crippen MR) is 105 cm³/mol. The largest absolute Gasteiger partial charge is 0.383 e. The molecule has 150 valence electrons. The highest BCUT2D eigenvalue weighted by molar-refractivity contribution is 6.04. The Balaban J connectivity index is 1.50. The molecule has 0 radical (unpaired) electrons. The second-order valence-electron chi connectivity index (χ2n) is 7.04. The fourth-order valence-electron chi connectivity index (χ4n) is 3.50. The number of para-hydroxylation sites is 1. The van der Waals surface area contributed by atoms with Crippen molar-refractivity contribution in [3.8, 4) is 0 Å². The molecule has 4 rings (SSSR count). The molecule has 1 atom stereocenters. The Hall–Kier alpha value is -3.33. The quantitative estimate of drug-likeness (QED) is 0.609. The Kier molecular flexibility index (Phi) is 5.22. The molecule has 0 spiro atoms. The van der Waals surface area contributed by atoms with Crippen LogP contribution >= 0.6 is 0 Å². The summed E-state index contributed by atoms with van der Waals surface area (Å²) in [6, 6.07) is 8.58. The van der Waals surface area contributed by atoms with Gasteiger partial charge in [0, 0.05) is 30.8 Å². The summed E-state index contributed by atoms with van der Waals surface area (Å²) in [5.74, 6) is -0.264. The van der Waals surface area contributed by atoms with Crippen molar-refractivity contribution < 1.29 is 14.3 Å². The number of pyridine rings is 1. The van der Waals surface area contributed by atoms with Crippen molar-refractivity contribution in [1.82, 2.24) is 30.2 Å². The van der Waals surface area contributed by atoms with Crippen LogP contribution in [0.5, 0.6) is 0 Å². The topological polar surface area (TPSA) is 102 Å². The third-order valence-electron chi connectivity index (χ3n) is 4.89. The molecule has 3 amide bonds. The number of aryl methyl sites for hydroxylation is 1. The SMILES string of the molecule is COCCn1cc(C[C@H]2NC(=O)N(Cc3cc(C)nc4ccccc34)C2=O)nn1. The van der Waals surface area contributed by atoms with Crippen LogP contribution in [0.15, 0.2) is 36.5 Å². The zero-order valence-corrected chi connectivity index (χ0v) is 16.3. The average Bonchev–Trinajstić information content (AvgIpc) is 3.26. The minimum absolute atomic E-state index is 0.200. The lowest BCUT2D eigenvalue weighted by atomic mass is 10.1. The third kappa shape index (κ3) is 3.95. The number of carbonyl (C=O) groups excluding carboxylic acids is 2. The molecule has 0 saturated carbocycles. The number of urea groups is 1. The molecular weight excluding hydrogens is 372 g/mol. The fourth-order valence-corrected chi connectivity index (χ4v) is 3.50. The number of nitrogens with one attached hydrogen (secondary N) is 1. The van der Waals surface area contributed by atoms with Gasteiger partial charge in [-0.3, -0.25) is 14.7 Å². The third-order valence-corrected chi connectivity index (χ3v) is 4.89. The first kappa shape index (κ1) is 19.0. The second-order valence-corrected chi connectivity index (χ2v) is 7.04. The summed E-state index contributed by atoms with van der Waals surface area (Å²) >= 11 is 0. The number of methoxy groups -OCH3 is 1. The monoisotopic (exact) mass is 394 g/mol. The van der Waals surface area contributed by atoms with Gasteiger partial charge in [-0.2, -0.15) is 0 Å². The van der Waals surface area contributed by atoms with E-state index in [9.17, 15) is 9.59 Å². The molecule has 1 aliphatic heterocycles. The van der Waals surface area contributed by atoms with Crippen molar-refractivity contribution in [3.05, 3.63) is 53.5 Å². The van der Waals surface area contributed by atoms with Gasteiger partial charge in [-0.25, -0.2) is 9.48 Å². The zero-order valence-electron chi connectivity index (χ0n) is 16.3. The van der Waals surface area contributed by atoms with Crippen molar-refractivity contribution in [3.63, 3.8) is 0 Å². The summed E-state index contributed by atoms with van der Waals surface area (Å²) in [4.78, 5) is 31.1. The molecule has 1 N–H and O–H groups in total. The maximum absolute atomic E-state index is 12.9. The first-order valence-corrected chi connectivity index (χ1v) is 9.40. The van der Waals surface area contributed by atoms with Gasteiger partial charge in [0.2, 0.25) is 0 Å². The summed E-state index contributed by atoms with van der Waals surface area (Å²) in [5, 5.41) is 11.8. The van der Waals surface area contributed by atoms with Gasteiger partial charge < -0.3 is 10.1 Å². The molecule has 0 bridgehead atoms. The Morgan fingerprint density at radius 2 is 2.07 bits per heavy atom. The van der Waals surface area contributed by atoms with Crippen LogP contribution in [0, 0.1) is 6.92 Å². The molecular formula is C20H22N6O3. The molecule has 9 heteroatoms. The van der Waals surface area contributed by atoms with E-state index >= 15 is 0 Å². The van der Waals surface area contributed by atoms with Gasteiger partial charge in [0.15, 0.2) is 0 Å². The lowest BCUT2D eigenvalue weighted by molar-refractivity contribution is -0.127. The Labute approximate surface area is 167 Å². The fraction of sp³-hybridized carbons (Fsp3) is 0.350. The normalized spacial score (nSPS) is 16.6. The van der Waals surface area contributed by atoms with Crippen LogP contribution in [0.4, 0.5) is 4.79 Å². The van der Waals surface area contributed by atoms with E-state index in [2.05, 4.69) is 20.6 Å². The van der Waals surface area contributed by atoms with E-state index in [1.54, 1.807) is 18.0 Å². The number of fused-ring (bicyclic) bond motifs is 1. The van der Waals surface area contributed by atoms with Crippen LogP contribution < -0.4 is 5.32 Å². The van der Waals surface area contributed by atoms with Crippen LogP contribution in [0.2, 0.25) is 0 Å². The van der Waals surface area contributed by atoms with E-state index in [1.807, 2.05) is 37.3 Å². The number of nitrogens with zero attached hydrogens (tertiary/aromatic N) is 5. The molecule has 1 saturated heterocycles. The van der Waals surface area contributed by atoms with Gasteiger partial charge in [-0.15, -0.1) is 5.10 Å². The van der Waals surface area contributed by atoms with Gasteiger partial charge >= 0.3 is 6.03 Å². The molecule has 2 aromatic heterocycles. The number of hydrogen-bond acceptors (Lipinski definition) is 6. The van der Waals surface area contributed by atoms with Crippen LogP contribution in [-0.4, -0.2) is 56.6 Å². The van der Waals surface area contributed by atoms with Gasteiger partial charge in [-0.05, 0) is 24.6 Å². The van der Waals surface area contributed by atoms with Crippen LogP contribution in [0.3, 0.4) is 0 Å². The molecule has 29 heavy (non-hydrogen) atoms. The van der Waals surface area contributed by atoms with Gasteiger partial charge in [-0.1, -0.05) is 23.4 Å². The average molecular weight is 394 g/mol. The molecule has 1 aliphatic rings. The molecule has 0 aliphatic carbocycles. The van der Waals surface area contributed by atoms with E-state index in [0.717, 1.165) is 22.2 Å². The number of amides is 3. The van der Waals surface area contributed by atoms with E-state index in [-0.39, 0.29) is 12.5 Å². The van der Waals surface area contributed by atoms with Crippen molar-refractivity contribution in [2.75, 3.05) is 13.7 Å². The minimum Gasteiger partial charge on any atom is -0.383 e. The number of hydrogen-bond donors (Lipinski definition) is 1. The van der Waals surface area contributed by atoms with Gasteiger partial charge in [0.25, 0.3) is 5.91 Å². The number of ether oxygens (including phenoxy) is 1. The number of rotatable bonds is 7. The van der Waals surface area contributed by atoms with Crippen LogP contribution in [0.1, 0.15) is 17.0 Å². The standard InChI is InChI=1S/C20H22N6O3/c1-13-9-14(16-5-3-4-6-17(16)21-13)11-26-19(27)18(22-20(26)28)10-15-12-25(24-23-15)7-8-29-2/h3-6,9,12,18H,7-8,10-11H2,1-2H3,(H,22,28)/t18-/m1/s1. The summed E-state index contributed by atoms with van der Waals surface area (Å²) in [7, 11) is 1.62. The van der Waals surface area contributed by atoms with E-state index in [4.69, 9.17) is 4.74 Å². The number of imide groups is 1. The zero-order chi connectivity index (χ0) is 20.4. The Morgan fingerprint density at radius 1 is 1.24 bits per heavy atom. The Morgan fingerprint density at radius 3 is 2.90 bits per heavy atom. The van der Waals surface area contributed by atoms with Crippen LogP contribution in [-0.2, 0) is 29.0 Å². The molecule has 9 nitrogen and oxygen atoms in total. The molecule has 0 unspecified atom stereocenters. The van der Waals surface area contributed by atoms with Crippen LogP contribution in [0.25, 0.3) is 10.9 Å².